The second kappa shape index (κ2) is 5.21. The van der Waals surface area contributed by atoms with Crippen molar-refractivity contribution in [3.05, 3.63) is 24.0 Å². The minimum Gasteiger partial charge on any atom is -0.465 e. The first-order valence-electron chi connectivity index (χ1n) is 6.60. The van der Waals surface area contributed by atoms with Gasteiger partial charge in [0.15, 0.2) is 0 Å². The normalized spacial score (nSPS) is 22.5. The lowest BCUT2D eigenvalue weighted by Crippen LogP contribution is -2.55. The standard InChI is InChI=1S/C13H15FN4O3/c14-7-1-2-8-9(5-7)16-12(15-8)18-4-3-11(19)10(6-18)17-13(20)21/h1-2,5,10-11,17,19H,3-4,6H2,(H,15,16)(H,20,21)/t10-,11-/m1/s1. The maximum atomic E-state index is 13.2. The summed E-state index contributed by atoms with van der Waals surface area (Å²) in [7, 11) is 0. The van der Waals surface area contributed by atoms with Crippen molar-refractivity contribution >= 4 is 23.1 Å². The van der Waals surface area contributed by atoms with Gasteiger partial charge in [0.05, 0.1) is 23.2 Å². The predicted molar refractivity (Wildman–Crippen MR) is 73.8 cm³/mol. The zero-order valence-corrected chi connectivity index (χ0v) is 11.1. The van der Waals surface area contributed by atoms with Crippen molar-refractivity contribution in [2.75, 3.05) is 18.0 Å². The van der Waals surface area contributed by atoms with Crippen LogP contribution < -0.4 is 10.2 Å². The first-order valence-corrected chi connectivity index (χ1v) is 6.60. The van der Waals surface area contributed by atoms with E-state index in [9.17, 15) is 14.3 Å². The zero-order chi connectivity index (χ0) is 15.0. The number of benzene rings is 1. The molecule has 0 bridgehead atoms. The molecule has 1 aromatic carbocycles. The molecule has 0 aliphatic carbocycles. The van der Waals surface area contributed by atoms with E-state index >= 15 is 0 Å². The van der Waals surface area contributed by atoms with E-state index in [4.69, 9.17) is 5.11 Å². The third kappa shape index (κ3) is 2.75. The quantitative estimate of drug-likeness (QED) is 0.659. The van der Waals surface area contributed by atoms with Crippen LogP contribution in [0, 0.1) is 5.82 Å². The average molecular weight is 294 g/mol. The first-order chi connectivity index (χ1) is 10.0. The van der Waals surface area contributed by atoms with Crippen molar-refractivity contribution in [3.8, 4) is 0 Å². The molecule has 0 unspecified atom stereocenters. The van der Waals surface area contributed by atoms with Gasteiger partial charge < -0.3 is 25.4 Å². The molecule has 3 rings (SSSR count). The number of rotatable bonds is 2. The van der Waals surface area contributed by atoms with Crippen molar-refractivity contribution in [3.63, 3.8) is 0 Å². The molecule has 8 heteroatoms. The zero-order valence-electron chi connectivity index (χ0n) is 11.1. The third-order valence-electron chi connectivity index (χ3n) is 3.62. The average Bonchev–Trinajstić information content (AvgIpc) is 2.83. The van der Waals surface area contributed by atoms with Crippen molar-refractivity contribution in [2.24, 2.45) is 0 Å². The van der Waals surface area contributed by atoms with Crippen LogP contribution in [0.2, 0.25) is 0 Å². The van der Waals surface area contributed by atoms with Crippen molar-refractivity contribution < 1.29 is 19.4 Å². The van der Waals surface area contributed by atoms with Gasteiger partial charge in [-0.05, 0) is 24.6 Å². The molecule has 1 amide bonds. The topological polar surface area (TPSA) is 101 Å². The number of aromatic amines is 1. The number of amides is 1. The molecule has 0 radical (unpaired) electrons. The number of nitrogens with one attached hydrogen (secondary N) is 2. The summed E-state index contributed by atoms with van der Waals surface area (Å²) in [5.41, 5.74) is 1.22. The predicted octanol–water partition coefficient (Wildman–Crippen LogP) is 0.909. The number of carbonyl (C=O) groups is 1. The number of piperidine rings is 1. The fraction of sp³-hybridized carbons (Fsp3) is 0.385. The number of nitrogens with zero attached hydrogens (tertiary/aromatic N) is 2. The Morgan fingerprint density at radius 2 is 2.33 bits per heavy atom. The Kier molecular flexibility index (Phi) is 3.38. The van der Waals surface area contributed by atoms with Crippen LogP contribution in [0.3, 0.4) is 0 Å². The number of hydrogen-bond donors (Lipinski definition) is 4. The Labute approximate surface area is 119 Å². The summed E-state index contributed by atoms with van der Waals surface area (Å²) in [6.07, 6.45) is -1.47. The third-order valence-corrected chi connectivity index (χ3v) is 3.62. The number of halogens is 1. The summed E-state index contributed by atoms with van der Waals surface area (Å²) in [4.78, 5) is 19.9. The number of aliphatic hydroxyl groups excluding tert-OH is 1. The smallest absolute Gasteiger partial charge is 0.405 e. The highest BCUT2D eigenvalue weighted by Crippen LogP contribution is 2.21. The minimum atomic E-state index is -1.17. The summed E-state index contributed by atoms with van der Waals surface area (Å²) >= 11 is 0. The highest BCUT2D eigenvalue weighted by atomic mass is 19.1. The van der Waals surface area contributed by atoms with E-state index in [2.05, 4.69) is 15.3 Å². The Morgan fingerprint density at radius 1 is 1.52 bits per heavy atom. The SMILES string of the molecule is O=C(O)N[C@@H]1CN(c2nc3ccc(F)cc3[nH]2)CC[C@H]1O. The van der Waals surface area contributed by atoms with Crippen molar-refractivity contribution in [2.45, 2.75) is 18.6 Å². The number of fused-ring (bicyclic) bond motifs is 1. The maximum Gasteiger partial charge on any atom is 0.405 e. The van der Waals surface area contributed by atoms with Gasteiger partial charge in [-0.25, -0.2) is 14.2 Å². The largest absolute Gasteiger partial charge is 0.465 e. The van der Waals surface area contributed by atoms with Gasteiger partial charge in [-0.3, -0.25) is 0 Å². The lowest BCUT2D eigenvalue weighted by atomic mass is 10.0. The van der Waals surface area contributed by atoms with E-state index in [1.807, 2.05) is 4.90 Å². The van der Waals surface area contributed by atoms with Gasteiger partial charge in [0.25, 0.3) is 0 Å². The second-order valence-corrected chi connectivity index (χ2v) is 5.08. The van der Waals surface area contributed by atoms with E-state index in [0.29, 0.717) is 36.5 Å². The first kappa shape index (κ1) is 13.6. The molecule has 21 heavy (non-hydrogen) atoms. The monoisotopic (exact) mass is 294 g/mol. The minimum absolute atomic E-state index is 0.301. The van der Waals surface area contributed by atoms with E-state index < -0.39 is 18.2 Å². The number of aromatic nitrogens is 2. The van der Waals surface area contributed by atoms with Crippen molar-refractivity contribution in [1.82, 2.24) is 15.3 Å². The maximum absolute atomic E-state index is 13.2. The molecule has 1 fully saturated rings. The summed E-state index contributed by atoms with van der Waals surface area (Å²) in [6, 6.07) is 3.69. The summed E-state index contributed by atoms with van der Waals surface area (Å²) in [5.74, 6) is 0.192. The number of hydrogen-bond acceptors (Lipinski definition) is 4. The van der Waals surface area contributed by atoms with E-state index in [-0.39, 0.29) is 5.82 Å². The van der Waals surface area contributed by atoms with E-state index in [1.54, 1.807) is 6.07 Å². The Balaban J connectivity index is 1.83. The number of H-pyrrole nitrogens is 1. The molecule has 0 saturated carbocycles. The Bertz CT molecular complexity index is 674. The summed E-state index contributed by atoms with van der Waals surface area (Å²) < 4.78 is 13.2. The molecule has 1 aromatic heterocycles. The summed E-state index contributed by atoms with van der Waals surface area (Å²) in [5, 5.41) is 20.9. The fourth-order valence-electron chi connectivity index (χ4n) is 2.55. The van der Waals surface area contributed by atoms with Crippen molar-refractivity contribution in [1.29, 1.82) is 0 Å². The highest BCUT2D eigenvalue weighted by molar-refractivity contribution is 5.77. The molecule has 1 saturated heterocycles. The number of anilines is 1. The van der Waals surface area contributed by atoms with Gasteiger partial charge in [-0.15, -0.1) is 0 Å². The van der Waals surface area contributed by atoms with Gasteiger partial charge in [0.1, 0.15) is 5.82 Å². The van der Waals surface area contributed by atoms with E-state index in [0.717, 1.165) is 0 Å². The number of imidazole rings is 1. The second-order valence-electron chi connectivity index (χ2n) is 5.08. The van der Waals surface area contributed by atoms with Gasteiger partial charge in [-0.2, -0.15) is 0 Å². The van der Waals surface area contributed by atoms with Gasteiger partial charge in [0.2, 0.25) is 5.95 Å². The Hall–Kier alpha value is -2.35. The fourth-order valence-corrected chi connectivity index (χ4v) is 2.55. The molecule has 1 aliphatic rings. The van der Waals surface area contributed by atoms with Crippen LogP contribution in [0.5, 0.6) is 0 Å². The van der Waals surface area contributed by atoms with Crippen LogP contribution in [0.25, 0.3) is 11.0 Å². The molecule has 0 spiro atoms. The van der Waals surface area contributed by atoms with Gasteiger partial charge >= 0.3 is 6.09 Å². The van der Waals surface area contributed by atoms with Crippen LogP contribution in [-0.4, -0.2) is 51.5 Å². The molecule has 2 atom stereocenters. The molecular formula is C13H15FN4O3. The molecule has 2 heterocycles. The Morgan fingerprint density at radius 3 is 3.10 bits per heavy atom. The van der Waals surface area contributed by atoms with Crippen LogP contribution in [-0.2, 0) is 0 Å². The van der Waals surface area contributed by atoms with E-state index in [1.165, 1.54) is 12.1 Å². The molecule has 112 valence electrons. The number of aliphatic hydroxyl groups is 1. The van der Waals surface area contributed by atoms with Gasteiger partial charge in [-0.1, -0.05) is 0 Å². The molecule has 4 N–H and O–H groups in total. The summed E-state index contributed by atoms with van der Waals surface area (Å²) in [6.45, 7) is 0.844. The van der Waals surface area contributed by atoms with Crippen LogP contribution in [0.4, 0.5) is 15.1 Å². The van der Waals surface area contributed by atoms with Gasteiger partial charge in [0, 0.05) is 13.1 Å². The van der Waals surface area contributed by atoms with Crippen LogP contribution in [0.15, 0.2) is 18.2 Å². The lowest BCUT2D eigenvalue weighted by molar-refractivity contribution is 0.103. The molecule has 2 aromatic rings. The highest BCUT2D eigenvalue weighted by Gasteiger charge is 2.30. The lowest BCUT2D eigenvalue weighted by Gasteiger charge is -2.35. The number of carboxylic acid groups (broad SMARTS) is 1. The van der Waals surface area contributed by atoms with Crippen LogP contribution in [0.1, 0.15) is 6.42 Å². The molecule has 1 aliphatic heterocycles. The van der Waals surface area contributed by atoms with Crippen LogP contribution >= 0.6 is 0 Å². The molecular weight excluding hydrogens is 279 g/mol. The molecule has 7 nitrogen and oxygen atoms in total.